The Hall–Kier alpha value is -4.82. The number of amides is 1. The third-order valence-electron chi connectivity index (χ3n) is 5.75. The number of ether oxygens (including phenoxy) is 3. The molecule has 0 aliphatic carbocycles. The van der Waals surface area contributed by atoms with Crippen molar-refractivity contribution >= 4 is 29.6 Å². The fourth-order valence-corrected chi connectivity index (χ4v) is 3.69. The van der Waals surface area contributed by atoms with Crippen LogP contribution in [0.15, 0.2) is 48.5 Å². The van der Waals surface area contributed by atoms with Crippen LogP contribution in [0.4, 0.5) is 35.5 Å². The number of carboxylic acids is 1. The SMILES string of the molecule is CC(C)(C)OC(=O)NCCCCCCOc1ccc(CNc2nc(Nc3ccc(C(=O)O)cc3)nc(OCC(F)(F)F)n2)cc1. The van der Waals surface area contributed by atoms with Gasteiger partial charge in [-0.15, -0.1) is 0 Å². The van der Waals surface area contributed by atoms with Crippen molar-refractivity contribution in [2.45, 2.75) is 64.8 Å². The number of alkyl halides is 3. The molecule has 0 aliphatic rings. The number of hydrogen-bond acceptors (Lipinski definition) is 10. The first-order chi connectivity index (χ1) is 21.3. The second kappa shape index (κ2) is 16.3. The molecule has 0 spiro atoms. The van der Waals surface area contributed by atoms with Crippen LogP contribution in [0.3, 0.4) is 0 Å². The molecule has 0 saturated heterocycles. The summed E-state index contributed by atoms with van der Waals surface area (Å²) in [6.07, 6.45) is -1.42. The first kappa shape index (κ1) is 34.7. The molecule has 2 aromatic carbocycles. The van der Waals surface area contributed by atoms with Gasteiger partial charge < -0.3 is 35.3 Å². The zero-order valence-corrected chi connectivity index (χ0v) is 25.2. The summed E-state index contributed by atoms with van der Waals surface area (Å²) < 4.78 is 53.9. The van der Waals surface area contributed by atoms with Crippen LogP contribution < -0.4 is 25.4 Å². The molecule has 4 N–H and O–H groups in total. The van der Waals surface area contributed by atoms with Crippen LogP contribution in [-0.4, -0.2) is 63.7 Å². The van der Waals surface area contributed by atoms with Gasteiger partial charge in [0.1, 0.15) is 11.4 Å². The minimum absolute atomic E-state index is 0.0338. The molecule has 0 aliphatic heterocycles. The zero-order chi connectivity index (χ0) is 32.9. The Morgan fingerprint density at radius 2 is 1.51 bits per heavy atom. The Bertz CT molecular complexity index is 1380. The molecule has 1 aromatic heterocycles. The summed E-state index contributed by atoms with van der Waals surface area (Å²) in [4.78, 5) is 34.7. The molecule has 3 rings (SSSR count). The van der Waals surface area contributed by atoms with E-state index in [4.69, 9.17) is 19.3 Å². The minimum Gasteiger partial charge on any atom is -0.494 e. The number of nitrogens with zero attached hydrogens (tertiary/aromatic N) is 3. The van der Waals surface area contributed by atoms with Gasteiger partial charge in [-0.2, -0.15) is 28.1 Å². The number of halogens is 3. The average Bonchev–Trinajstić information content (AvgIpc) is 2.96. The van der Waals surface area contributed by atoms with Crippen molar-refractivity contribution in [2.75, 3.05) is 30.4 Å². The highest BCUT2D eigenvalue weighted by Gasteiger charge is 2.29. The first-order valence-electron chi connectivity index (χ1n) is 14.2. The third-order valence-corrected chi connectivity index (χ3v) is 5.75. The van der Waals surface area contributed by atoms with E-state index >= 15 is 0 Å². The van der Waals surface area contributed by atoms with Gasteiger partial charge in [0.05, 0.1) is 12.2 Å². The van der Waals surface area contributed by atoms with Crippen molar-refractivity contribution < 1.29 is 42.1 Å². The number of aromatic carboxylic acids is 1. The quantitative estimate of drug-likeness (QED) is 0.131. The molecular formula is C30H37F3N6O6. The lowest BCUT2D eigenvalue weighted by Gasteiger charge is -2.19. The highest BCUT2D eigenvalue weighted by molar-refractivity contribution is 5.88. The number of anilines is 3. The number of benzene rings is 2. The molecule has 45 heavy (non-hydrogen) atoms. The van der Waals surface area contributed by atoms with E-state index in [1.807, 2.05) is 32.9 Å². The highest BCUT2D eigenvalue weighted by Crippen LogP contribution is 2.21. The Morgan fingerprint density at radius 3 is 2.16 bits per heavy atom. The lowest BCUT2D eigenvalue weighted by atomic mass is 10.2. The molecule has 244 valence electrons. The number of carbonyl (C=O) groups is 2. The van der Waals surface area contributed by atoms with Gasteiger partial charge in [0.2, 0.25) is 11.9 Å². The fourth-order valence-electron chi connectivity index (χ4n) is 3.69. The van der Waals surface area contributed by atoms with E-state index in [2.05, 4.69) is 30.9 Å². The first-order valence-corrected chi connectivity index (χ1v) is 14.2. The zero-order valence-electron chi connectivity index (χ0n) is 25.2. The smallest absolute Gasteiger partial charge is 0.422 e. The molecule has 0 fully saturated rings. The Balaban J connectivity index is 1.46. The molecule has 15 heteroatoms. The van der Waals surface area contributed by atoms with Crippen LogP contribution in [-0.2, 0) is 11.3 Å². The maximum Gasteiger partial charge on any atom is 0.422 e. The number of hydrogen-bond donors (Lipinski definition) is 4. The molecule has 0 bridgehead atoms. The topological polar surface area (TPSA) is 157 Å². The normalized spacial score (nSPS) is 11.4. The van der Waals surface area contributed by atoms with E-state index in [-0.39, 0.29) is 24.0 Å². The molecule has 1 amide bonds. The van der Waals surface area contributed by atoms with Gasteiger partial charge in [0.15, 0.2) is 6.61 Å². The maximum atomic E-state index is 12.7. The van der Waals surface area contributed by atoms with E-state index in [0.717, 1.165) is 31.2 Å². The van der Waals surface area contributed by atoms with E-state index in [1.54, 1.807) is 12.1 Å². The van der Waals surface area contributed by atoms with Gasteiger partial charge in [-0.3, -0.25) is 0 Å². The number of carbonyl (C=O) groups excluding carboxylic acids is 1. The van der Waals surface area contributed by atoms with E-state index in [9.17, 15) is 22.8 Å². The summed E-state index contributed by atoms with van der Waals surface area (Å²) in [5.74, 6) is -0.549. The van der Waals surface area contributed by atoms with Crippen LogP contribution in [0.2, 0.25) is 0 Å². The molecular weight excluding hydrogens is 597 g/mol. The number of carboxylic acid groups (broad SMARTS) is 1. The molecule has 0 atom stereocenters. The van der Waals surface area contributed by atoms with Gasteiger partial charge in [0.25, 0.3) is 0 Å². The average molecular weight is 635 g/mol. The van der Waals surface area contributed by atoms with Crippen LogP contribution in [0.25, 0.3) is 0 Å². The number of rotatable bonds is 16. The lowest BCUT2D eigenvalue weighted by Crippen LogP contribution is -2.32. The Labute approximate surface area is 258 Å². The number of unbranched alkanes of at least 4 members (excludes halogenated alkanes) is 3. The van der Waals surface area contributed by atoms with E-state index < -0.39 is 36.5 Å². The summed E-state index contributed by atoms with van der Waals surface area (Å²) in [6.45, 7) is 5.20. The lowest BCUT2D eigenvalue weighted by molar-refractivity contribution is -0.154. The molecule has 1 heterocycles. The van der Waals surface area contributed by atoms with Crippen LogP contribution in [0.5, 0.6) is 11.8 Å². The summed E-state index contributed by atoms with van der Waals surface area (Å²) in [7, 11) is 0. The van der Waals surface area contributed by atoms with Crippen molar-refractivity contribution in [3.05, 3.63) is 59.7 Å². The number of nitrogens with one attached hydrogen (secondary N) is 3. The summed E-state index contributed by atoms with van der Waals surface area (Å²) >= 11 is 0. The fraction of sp³-hybridized carbons (Fsp3) is 0.433. The van der Waals surface area contributed by atoms with Crippen LogP contribution in [0.1, 0.15) is 62.4 Å². The van der Waals surface area contributed by atoms with Crippen molar-refractivity contribution in [3.63, 3.8) is 0 Å². The second-order valence-corrected chi connectivity index (χ2v) is 10.9. The largest absolute Gasteiger partial charge is 0.494 e. The summed E-state index contributed by atoms with van der Waals surface area (Å²) in [5.41, 5.74) is 0.780. The van der Waals surface area contributed by atoms with Crippen molar-refractivity contribution in [1.29, 1.82) is 0 Å². The molecule has 0 saturated carbocycles. The van der Waals surface area contributed by atoms with Gasteiger partial charge in [-0.05, 0) is 75.6 Å². The number of aromatic nitrogens is 3. The van der Waals surface area contributed by atoms with Crippen molar-refractivity contribution in [2.24, 2.45) is 0 Å². The second-order valence-electron chi connectivity index (χ2n) is 10.9. The van der Waals surface area contributed by atoms with Crippen LogP contribution in [0, 0.1) is 0 Å². The van der Waals surface area contributed by atoms with E-state index in [0.29, 0.717) is 24.6 Å². The molecule has 0 unspecified atom stereocenters. The minimum atomic E-state index is -4.59. The van der Waals surface area contributed by atoms with Gasteiger partial charge in [0, 0.05) is 18.8 Å². The van der Waals surface area contributed by atoms with Gasteiger partial charge in [-0.25, -0.2) is 9.59 Å². The van der Waals surface area contributed by atoms with Gasteiger partial charge >= 0.3 is 24.2 Å². The standard InChI is InChI=1S/C30H37F3N6O6/c1-29(2,3)45-28(42)34-16-6-4-5-7-17-43-23-14-8-20(9-15-23)18-35-25-37-26(39-27(38-25)44-19-30(31,32)33)36-22-12-10-21(11-13-22)24(40)41/h8-15H,4-7,16-19H2,1-3H3,(H,34,42)(H,40,41)(H2,35,36,37,38,39). The highest BCUT2D eigenvalue weighted by atomic mass is 19.4. The van der Waals surface area contributed by atoms with Crippen molar-refractivity contribution in [1.82, 2.24) is 20.3 Å². The third kappa shape index (κ3) is 14.0. The molecule has 3 aromatic rings. The predicted octanol–water partition coefficient (Wildman–Crippen LogP) is 6.33. The Kier molecular flexibility index (Phi) is 12.6. The van der Waals surface area contributed by atoms with Crippen molar-refractivity contribution in [3.8, 4) is 11.8 Å². The number of alkyl carbamates (subject to hydrolysis) is 1. The monoisotopic (exact) mass is 634 g/mol. The molecule has 0 radical (unpaired) electrons. The summed E-state index contributed by atoms with van der Waals surface area (Å²) in [6, 6.07) is 12.4. The summed E-state index contributed by atoms with van der Waals surface area (Å²) in [5, 5.41) is 17.6. The maximum absolute atomic E-state index is 12.7. The molecule has 12 nitrogen and oxygen atoms in total. The Morgan fingerprint density at radius 1 is 0.844 bits per heavy atom. The van der Waals surface area contributed by atoms with E-state index in [1.165, 1.54) is 24.3 Å². The van der Waals surface area contributed by atoms with Crippen LogP contribution >= 0.6 is 0 Å². The van der Waals surface area contributed by atoms with Gasteiger partial charge in [-0.1, -0.05) is 25.0 Å². The predicted molar refractivity (Wildman–Crippen MR) is 160 cm³/mol.